The summed E-state index contributed by atoms with van der Waals surface area (Å²) in [5.41, 5.74) is 11.9. The Hall–Kier alpha value is -4.17. The molecule has 0 fully saturated rings. The number of nitrogens with one attached hydrogen (secondary N) is 4. The van der Waals surface area contributed by atoms with Gasteiger partial charge in [0.2, 0.25) is 27.7 Å². The molecule has 1 atom stereocenters. The molecule has 0 aromatic heterocycles. The van der Waals surface area contributed by atoms with Crippen LogP contribution in [0.5, 0.6) is 5.75 Å². The minimum absolute atomic E-state index is 0.0216. The van der Waals surface area contributed by atoms with Gasteiger partial charge in [-0.25, -0.2) is 8.42 Å². The molecule has 38 heavy (non-hydrogen) atoms. The molecule has 1 heterocycles. The number of carbonyl (C=O) groups is 4. The van der Waals surface area contributed by atoms with Crippen molar-refractivity contribution in [3.8, 4) is 5.75 Å². The van der Waals surface area contributed by atoms with Crippen LogP contribution >= 0.6 is 0 Å². The third-order valence-corrected chi connectivity index (χ3v) is 6.18. The van der Waals surface area contributed by atoms with Crippen molar-refractivity contribution in [3.63, 3.8) is 0 Å². The zero-order valence-electron chi connectivity index (χ0n) is 20.7. The summed E-state index contributed by atoms with van der Waals surface area (Å²) in [6, 6.07) is 7.50. The molecule has 0 saturated carbocycles. The van der Waals surface area contributed by atoms with E-state index in [0.717, 1.165) is 6.26 Å². The van der Waals surface area contributed by atoms with Gasteiger partial charge >= 0.3 is 0 Å². The number of carbonyl (C=O) groups excluding carboxylic acids is 4. The van der Waals surface area contributed by atoms with Crippen LogP contribution in [0.2, 0.25) is 0 Å². The number of fused-ring (bicyclic) bond motifs is 2. The number of primary amides is 1. The van der Waals surface area contributed by atoms with Crippen LogP contribution in [0.3, 0.4) is 0 Å². The molecule has 0 saturated heterocycles. The largest absolute Gasteiger partial charge is 0.488 e. The van der Waals surface area contributed by atoms with Gasteiger partial charge in [-0.3, -0.25) is 23.9 Å². The summed E-state index contributed by atoms with van der Waals surface area (Å²) in [6.07, 6.45) is 2.36. The zero-order valence-corrected chi connectivity index (χ0v) is 21.5. The lowest BCUT2D eigenvalue weighted by Gasteiger charge is -2.21. The van der Waals surface area contributed by atoms with Gasteiger partial charge in [0.25, 0.3) is 5.91 Å². The normalized spacial score (nSPS) is 16.5. The van der Waals surface area contributed by atoms with Crippen molar-refractivity contribution in [3.05, 3.63) is 53.1 Å². The lowest BCUT2D eigenvalue weighted by Crippen LogP contribution is -2.48. The summed E-state index contributed by atoms with van der Waals surface area (Å²) in [5.74, 6) is -2.46. The SMILES string of the molecule is CS(=O)(=O)Nc1ccc2c(c1)C(=O)N[C@@H](CCCCN)C(=O)NCC(=O)Nc1cc(C(N)=O)ccc1CO2. The lowest BCUT2D eigenvalue weighted by molar-refractivity contribution is -0.125. The maximum absolute atomic E-state index is 13.3. The number of amides is 4. The van der Waals surface area contributed by atoms with E-state index in [1.165, 1.54) is 36.4 Å². The van der Waals surface area contributed by atoms with Gasteiger partial charge in [0.15, 0.2) is 0 Å². The van der Waals surface area contributed by atoms with E-state index in [4.69, 9.17) is 16.2 Å². The van der Waals surface area contributed by atoms with Crippen LogP contribution in [0.25, 0.3) is 0 Å². The molecular formula is C24H30N6O7S. The Morgan fingerprint density at radius 1 is 1.13 bits per heavy atom. The van der Waals surface area contributed by atoms with Crippen molar-refractivity contribution in [1.82, 2.24) is 10.6 Å². The first-order chi connectivity index (χ1) is 18.0. The number of anilines is 2. The molecule has 8 N–H and O–H groups in total. The second-order valence-corrected chi connectivity index (χ2v) is 10.4. The second kappa shape index (κ2) is 12.4. The number of hydrogen-bond donors (Lipinski definition) is 6. The Bertz CT molecular complexity index is 1350. The van der Waals surface area contributed by atoms with Gasteiger partial charge in [-0.05, 0) is 56.1 Å². The highest BCUT2D eigenvalue weighted by Gasteiger charge is 2.25. The fraction of sp³-hybridized carbons (Fsp3) is 0.333. The predicted molar refractivity (Wildman–Crippen MR) is 140 cm³/mol. The highest BCUT2D eigenvalue weighted by molar-refractivity contribution is 7.92. The van der Waals surface area contributed by atoms with Crippen molar-refractivity contribution in [1.29, 1.82) is 0 Å². The minimum atomic E-state index is -3.64. The van der Waals surface area contributed by atoms with E-state index in [0.29, 0.717) is 24.9 Å². The summed E-state index contributed by atoms with van der Waals surface area (Å²) in [6.45, 7) is -0.128. The summed E-state index contributed by atoms with van der Waals surface area (Å²) >= 11 is 0. The first kappa shape index (κ1) is 28.4. The van der Waals surface area contributed by atoms with E-state index >= 15 is 0 Å². The van der Waals surface area contributed by atoms with Gasteiger partial charge in [-0.2, -0.15) is 0 Å². The molecule has 0 bridgehead atoms. The van der Waals surface area contributed by atoms with Crippen molar-refractivity contribution < 1.29 is 32.3 Å². The molecule has 2 aromatic rings. The molecule has 0 unspecified atom stereocenters. The lowest BCUT2D eigenvalue weighted by atomic mass is 10.1. The van der Waals surface area contributed by atoms with E-state index in [1.54, 1.807) is 0 Å². The van der Waals surface area contributed by atoms with E-state index < -0.39 is 46.2 Å². The highest BCUT2D eigenvalue weighted by Crippen LogP contribution is 2.27. The van der Waals surface area contributed by atoms with E-state index in [9.17, 15) is 27.6 Å². The molecule has 0 aliphatic carbocycles. The Balaban J connectivity index is 2.04. The number of nitrogens with two attached hydrogens (primary N) is 2. The molecule has 0 spiro atoms. The maximum atomic E-state index is 13.3. The molecule has 1 aliphatic rings. The first-order valence-electron chi connectivity index (χ1n) is 11.7. The number of rotatable bonds is 7. The van der Waals surface area contributed by atoms with E-state index in [2.05, 4.69) is 20.7 Å². The van der Waals surface area contributed by atoms with Crippen LogP contribution in [0.4, 0.5) is 11.4 Å². The molecule has 204 valence electrons. The molecule has 3 rings (SSSR count). The summed E-state index contributed by atoms with van der Waals surface area (Å²) < 4.78 is 31.7. The average molecular weight is 547 g/mol. The predicted octanol–water partition coefficient (Wildman–Crippen LogP) is 0.0317. The third-order valence-electron chi connectivity index (χ3n) is 5.57. The number of benzene rings is 2. The molecule has 13 nitrogen and oxygen atoms in total. The van der Waals surface area contributed by atoms with Crippen molar-refractivity contribution in [2.24, 2.45) is 11.5 Å². The number of ether oxygens (including phenoxy) is 1. The Morgan fingerprint density at radius 2 is 1.89 bits per heavy atom. The van der Waals surface area contributed by atoms with Gasteiger partial charge < -0.3 is 32.2 Å². The van der Waals surface area contributed by atoms with Crippen LogP contribution in [0.1, 0.15) is 45.5 Å². The molecule has 4 amide bonds. The van der Waals surface area contributed by atoms with E-state index in [-0.39, 0.29) is 41.3 Å². The second-order valence-electron chi connectivity index (χ2n) is 8.69. The molecule has 14 heteroatoms. The van der Waals surface area contributed by atoms with Crippen LogP contribution in [0, 0.1) is 0 Å². The van der Waals surface area contributed by atoms with Crippen LogP contribution in [-0.4, -0.2) is 57.4 Å². The van der Waals surface area contributed by atoms with Crippen molar-refractivity contribution >= 4 is 45.0 Å². The molecule has 2 aromatic carbocycles. The monoisotopic (exact) mass is 546 g/mol. The zero-order chi connectivity index (χ0) is 27.9. The van der Waals surface area contributed by atoms with Crippen molar-refractivity contribution in [2.45, 2.75) is 31.9 Å². The van der Waals surface area contributed by atoms with Crippen LogP contribution < -0.4 is 36.9 Å². The summed E-state index contributed by atoms with van der Waals surface area (Å²) in [4.78, 5) is 50.5. The molecular weight excluding hydrogens is 516 g/mol. The smallest absolute Gasteiger partial charge is 0.255 e. The average Bonchev–Trinajstić information content (AvgIpc) is 2.84. The van der Waals surface area contributed by atoms with Gasteiger partial charge in [0.05, 0.1) is 18.4 Å². The minimum Gasteiger partial charge on any atom is -0.488 e. The Morgan fingerprint density at radius 3 is 2.58 bits per heavy atom. The van der Waals surface area contributed by atoms with Crippen LogP contribution in [0.15, 0.2) is 36.4 Å². The van der Waals surface area contributed by atoms with Gasteiger partial charge in [-0.1, -0.05) is 6.07 Å². The maximum Gasteiger partial charge on any atom is 0.255 e. The number of sulfonamides is 1. The summed E-state index contributed by atoms with van der Waals surface area (Å²) in [5, 5.41) is 7.80. The Kier molecular flexibility index (Phi) is 9.25. The third kappa shape index (κ3) is 7.91. The van der Waals surface area contributed by atoms with Gasteiger partial charge in [0, 0.05) is 22.5 Å². The quantitative estimate of drug-likeness (QED) is 0.260. The standard InChI is InChI=1S/C24H30N6O7S/c1-38(35,36)30-16-7-8-20-17(11-16)23(33)29-18(4-2-3-9-25)24(34)27-12-21(31)28-19-10-14(22(26)32)5-6-15(19)13-37-20/h5-8,10-11,18,30H,2-4,9,12-13,25H2,1H3,(H2,26,32)(H,27,34)(H,28,31)(H,29,33)/t18-/m0/s1. The van der Waals surface area contributed by atoms with Crippen LogP contribution in [-0.2, 0) is 26.2 Å². The molecule has 1 aliphatic heterocycles. The highest BCUT2D eigenvalue weighted by atomic mass is 32.2. The van der Waals surface area contributed by atoms with Gasteiger partial charge in [-0.15, -0.1) is 0 Å². The summed E-state index contributed by atoms with van der Waals surface area (Å²) in [7, 11) is -3.64. The first-order valence-corrected chi connectivity index (χ1v) is 13.6. The number of hydrogen-bond acceptors (Lipinski definition) is 8. The van der Waals surface area contributed by atoms with Crippen molar-refractivity contribution in [2.75, 3.05) is 29.4 Å². The topological polar surface area (TPSA) is 212 Å². The van der Waals surface area contributed by atoms with E-state index in [1.807, 2.05) is 0 Å². The fourth-order valence-electron chi connectivity index (χ4n) is 3.72. The Labute approximate surface area is 219 Å². The van der Waals surface area contributed by atoms with Gasteiger partial charge in [0.1, 0.15) is 18.4 Å². The molecule has 0 radical (unpaired) electrons. The fourth-order valence-corrected chi connectivity index (χ4v) is 4.28. The number of unbranched alkanes of at least 4 members (excludes halogenated alkanes) is 1.